The molecule has 24 heavy (non-hydrogen) atoms. The van der Waals surface area contributed by atoms with Gasteiger partial charge in [-0.2, -0.15) is 0 Å². The molecule has 1 fully saturated rings. The van der Waals surface area contributed by atoms with Crippen LogP contribution in [0.4, 0.5) is 15.5 Å². The van der Waals surface area contributed by atoms with Gasteiger partial charge in [-0.25, -0.2) is 9.64 Å². The molecule has 0 aromatic carbocycles. The Morgan fingerprint density at radius 1 is 1.42 bits per heavy atom. The molecule has 132 valence electrons. The van der Waals surface area contributed by atoms with E-state index in [1.807, 2.05) is 6.92 Å². The summed E-state index contributed by atoms with van der Waals surface area (Å²) in [4.78, 5) is 18.9. The number of morpholine rings is 1. The maximum absolute atomic E-state index is 12.0. The quantitative estimate of drug-likeness (QED) is 0.839. The summed E-state index contributed by atoms with van der Waals surface area (Å²) < 4.78 is 10.5. The lowest BCUT2D eigenvalue weighted by atomic mass is 9.92. The number of nitrogens with one attached hydrogen (secondary N) is 1. The normalized spacial score (nSPS) is 15.8. The minimum Gasteiger partial charge on any atom is -0.448 e. The van der Waals surface area contributed by atoms with Crippen molar-refractivity contribution >= 4 is 28.1 Å². The first kappa shape index (κ1) is 18.7. The molecule has 6 nitrogen and oxygen atoms in total. The molecule has 0 spiro atoms. The minimum absolute atomic E-state index is 0.0612. The molecule has 0 aliphatic carbocycles. The van der Waals surface area contributed by atoms with Crippen LogP contribution in [0.5, 0.6) is 0 Å². The number of anilines is 1. The molecule has 1 aromatic rings. The van der Waals surface area contributed by atoms with Gasteiger partial charge in [-0.1, -0.05) is 20.8 Å². The van der Waals surface area contributed by atoms with Crippen LogP contribution in [-0.4, -0.2) is 50.4 Å². The van der Waals surface area contributed by atoms with Crippen LogP contribution in [-0.2, 0) is 14.9 Å². The third-order valence-electron chi connectivity index (χ3n) is 3.87. The zero-order valence-corrected chi connectivity index (χ0v) is 15.6. The van der Waals surface area contributed by atoms with Gasteiger partial charge < -0.3 is 9.47 Å². The molecule has 7 heteroatoms. The average Bonchev–Trinajstić information content (AvgIpc) is 2.84. The molecule has 1 aliphatic rings. The van der Waals surface area contributed by atoms with Crippen LogP contribution in [0.15, 0.2) is 0 Å². The largest absolute Gasteiger partial charge is 0.448 e. The molecule has 0 atom stereocenters. The number of rotatable bonds is 4. The van der Waals surface area contributed by atoms with E-state index in [1.165, 1.54) is 11.3 Å². The molecule has 1 amide bonds. The Morgan fingerprint density at radius 3 is 2.67 bits per heavy atom. The van der Waals surface area contributed by atoms with Crippen LogP contribution in [0.2, 0.25) is 0 Å². The summed E-state index contributed by atoms with van der Waals surface area (Å²) in [7, 11) is 0. The van der Waals surface area contributed by atoms with E-state index >= 15 is 0 Å². The highest BCUT2D eigenvalue weighted by Crippen LogP contribution is 2.45. The number of carbonyl (C=O) groups is 1. The van der Waals surface area contributed by atoms with Crippen LogP contribution in [0.25, 0.3) is 4.85 Å². The van der Waals surface area contributed by atoms with Crippen LogP contribution in [0, 0.1) is 13.5 Å². The van der Waals surface area contributed by atoms with E-state index in [1.54, 1.807) is 0 Å². The van der Waals surface area contributed by atoms with Crippen molar-refractivity contribution in [1.82, 2.24) is 4.90 Å². The molecule has 1 saturated heterocycles. The summed E-state index contributed by atoms with van der Waals surface area (Å²) in [6.45, 7) is 19.8. The highest BCUT2D eigenvalue weighted by atomic mass is 32.1. The van der Waals surface area contributed by atoms with Crippen molar-refractivity contribution in [3.63, 3.8) is 0 Å². The zero-order valence-electron chi connectivity index (χ0n) is 14.8. The van der Waals surface area contributed by atoms with Gasteiger partial charge in [-0.15, -0.1) is 11.3 Å². The number of hydrogen-bond acceptors (Lipinski definition) is 5. The molecule has 2 rings (SSSR count). The molecule has 0 radical (unpaired) electrons. The Kier molecular flexibility index (Phi) is 6.21. The standard InChI is InChI=1S/C17H25N3O3S/c1-12-13(18-5)15(24-14(12)17(2,3)4)19-16(21)23-11-8-20-6-9-22-10-7-20/h6-11H2,1-4H3,(H,19,21). The van der Waals surface area contributed by atoms with Crippen molar-refractivity contribution in [1.29, 1.82) is 0 Å². The smallest absolute Gasteiger partial charge is 0.411 e. The van der Waals surface area contributed by atoms with Gasteiger partial charge in [0.05, 0.1) is 19.8 Å². The van der Waals surface area contributed by atoms with Crippen LogP contribution in [0.3, 0.4) is 0 Å². The van der Waals surface area contributed by atoms with E-state index in [9.17, 15) is 4.79 Å². The molecular weight excluding hydrogens is 326 g/mol. The van der Waals surface area contributed by atoms with Crippen molar-refractivity contribution < 1.29 is 14.3 Å². The third-order valence-corrected chi connectivity index (χ3v) is 5.49. The molecule has 2 heterocycles. The Balaban J connectivity index is 1.92. The first-order valence-electron chi connectivity index (χ1n) is 8.08. The topological polar surface area (TPSA) is 55.2 Å². The van der Waals surface area contributed by atoms with Crippen molar-refractivity contribution in [3.8, 4) is 0 Å². The summed E-state index contributed by atoms with van der Waals surface area (Å²) in [6, 6.07) is 0. The predicted molar refractivity (Wildman–Crippen MR) is 96.2 cm³/mol. The predicted octanol–water partition coefficient (Wildman–Crippen LogP) is 3.79. The van der Waals surface area contributed by atoms with E-state index in [-0.39, 0.29) is 5.41 Å². The highest BCUT2D eigenvalue weighted by molar-refractivity contribution is 7.17. The molecule has 1 N–H and O–H groups in total. The lowest BCUT2D eigenvalue weighted by Crippen LogP contribution is -2.38. The van der Waals surface area contributed by atoms with Crippen LogP contribution < -0.4 is 5.32 Å². The van der Waals surface area contributed by atoms with Gasteiger partial charge in [-0.3, -0.25) is 10.2 Å². The van der Waals surface area contributed by atoms with Gasteiger partial charge in [0.15, 0.2) is 0 Å². The van der Waals surface area contributed by atoms with E-state index in [2.05, 4.69) is 35.8 Å². The van der Waals surface area contributed by atoms with Crippen molar-refractivity contribution in [2.45, 2.75) is 33.1 Å². The molecule has 0 unspecified atom stereocenters. The van der Waals surface area contributed by atoms with Gasteiger partial charge in [0.25, 0.3) is 0 Å². The van der Waals surface area contributed by atoms with Gasteiger partial charge in [0, 0.05) is 24.5 Å². The number of thiophene rings is 1. The number of hydrogen-bond donors (Lipinski definition) is 1. The average molecular weight is 351 g/mol. The summed E-state index contributed by atoms with van der Waals surface area (Å²) >= 11 is 1.45. The van der Waals surface area contributed by atoms with E-state index < -0.39 is 6.09 Å². The fraction of sp³-hybridized carbons (Fsp3) is 0.647. The molecule has 0 saturated carbocycles. The summed E-state index contributed by atoms with van der Waals surface area (Å²) in [6.07, 6.45) is -0.505. The van der Waals surface area contributed by atoms with Gasteiger partial charge in [0.1, 0.15) is 11.6 Å². The molecular formula is C17H25N3O3S. The Hall–Kier alpha value is -1.62. The van der Waals surface area contributed by atoms with Crippen LogP contribution in [0.1, 0.15) is 31.2 Å². The van der Waals surface area contributed by atoms with Crippen molar-refractivity contribution in [2.75, 3.05) is 44.8 Å². The van der Waals surface area contributed by atoms with E-state index in [0.717, 1.165) is 36.7 Å². The van der Waals surface area contributed by atoms with E-state index in [4.69, 9.17) is 16.0 Å². The zero-order chi connectivity index (χ0) is 17.7. The lowest BCUT2D eigenvalue weighted by Gasteiger charge is -2.26. The van der Waals surface area contributed by atoms with Gasteiger partial charge in [0.2, 0.25) is 5.69 Å². The highest BCUT2D eigenvalue weighted by Gasteiger charge is 2.25. The summed E-state index contributed by atoms with van der Waals surface area (Å²) in [5.41, 5.74) is 1.38. The summed E-state index contributed by atoms with van der Waals surface area (Å²) in [5, 5.41) is 3.31. The van der Waals surface area contributed by atoms with Gasteiger partial charge >= 0.3 is 6.09 Å². The second-order valence-corrected chi connectivity index (χ2v) is 7.83. The molecule has 1 aliphatic heterocycles. The number of amides is 1. The Morgan fingerprint density at radius 2 is 2.08 bits per heavy atom. The number of ether oxygens (including phenoxy) is 2. The SMILES string of the molecule is [C-]#[N+]c1c(NC(=O)OCCN2CCOCC2)sc(C(C)(C)C)c1C. The monoisotopic (exact) mass is 351 g/mol. The fourth-order valence-corrected chi connectivity index (χ4v) is 3.85. The van der Waals surface area contributed by atoms with Gasteiger partial charge in [-0.05, 0) is 17.9 Å². The second kappa shape index (κ2) is 7.97. The van der Waals surface area contributed by atoms with E-state index in [0.29, 0.717) is 23.8 Å². The third kappa shape index (κ3) is 4.69. The maximum atomic E-state index is 12.0. The summed E-state index contributed by atoms with van der Waals surface area (Å²) in [5.74, 6) is 0. The number of nitrogens with zero attached hydrogens (tertiary/aromatic N) is 2. The second-order valence-electron chi connectivity index (χ2n) is 6.81. The van der Waals surface area contributed by atoms with Crippen molar-refractivity contribution in [3.05, 3.63) is 21.9 Å². The molecule has 1 aromatic heterocycles. The minimum atomic E-state index is -0.505. The fourth-order valence-electron chi connectivity index (χ4n) is 2.66. The lowest BCUT2D eigenvalue weighted by molar-refractivity contribution is 0.0290. The number of carbonyl (C=O) groups excluding carboxylic acids is 1. The van der Waals surface area contributed by atoms with Crippen molar-refractivity contribution in [2.24, 2.45) is 0 Å². The maximum Gasteiger partial charge on any atom is 0.411 e. The molecule has 0 bridgehead atoms. The Bertz CT molecular complexity index is 622. The first-order chi connectivity index (χ1) is 11.3. The van der Waals surface area contributed by atoms with Crippen LogP contribution >= 0.6 is 11.3 Å². The Labute approximate surface area is 147 Å². The first-order valence-corrected chi connectivity index (χ1v) is 8.89.